The van der Waals surface area contributed by atoms with Crippen molar-refractivity contribution in [3.63, 3.8) is 0 Å². The maximum Gasteiger partial charge on any atom is 0.418 e. The lowest BCUT2D eigenvalue weighted by molar-refractivity contribution is -0.273. The van der Waals surface area contributed by atoms with Gasteiger partial charge in [-0.3, -0.25) is 4.79 Å². The van der Waals surface area contributed by atoms with Crippen LogP contribution in [0.25, 0.3) is 0 Å². The van der Waals surface area contributed by atoms with E-state index in [-0.39, 0.29) is 31.2 Å². The molecule has 1 amide bonds. The molecule has 2 fully saturated rings. The number of piperidine rings is 1. The average Bonchev–Trinajstić information content (AvgIpc) is 2.38. The third-order valence-electron chi connectivity index (χ3n) is 3.88. The zero-order valence-electron chi connectivity index (χ0n) is 10.6. The Morgan fingerprint density at radius 3 is 2.53 bits per heavy atom. The number of amides is 1. The summed E-state index contributed by atoms with van der Waals surface area (Å²) in [7, 11) is 0. The molecule has 19 heavy (non-hydrogen) atoms. The van der Waals surface area contributed by atoms with Crippen LogP contribution in [0.5, 0.6) is 0 Å². The Bertz CT molecular complexity index is 342. The number of halogens is 3. The summed E-state index contributed by atoms with van der Waals surface area (Å²) >= 11 is 0. The van der Waals surface area contributed by atoms with Crippen LogP contribution in [0.2, 0.25) is 0 Å². The number of likely N-dealkylation sites (tertiary alicyclic amines) is 1. The number of hydrogen-bond donors (Lipinski definition) is 1. The maximum absolute atomic E-state index is 12.8. The zero-order valence-corrected chi connectivity index (χ0v) is 10.6. The lowest BCUT2D eigenvalue weighted by atomic mass is 9.90. The fourth-order valence-electron chi connectivity index (χ4n) is 2.66. The standard InChI is InChI=1S/C12H18F3NO3/c13-12(14,15)11(18)4-1-5-16(8-11)10(17)9-2-6-19-7-3-9/h9,18H,1-8H2/t11-/m0/s1. The molecule has 1 atom stereocenters. The molecule has 0 saturated carbocycles. The molecule has 2 aliphatic heterocycles. The van der Waals surface area contributed by atoms with E-state index in [1.807, 2.05) is 0 Å². The van der Waals surface area contributed by atoms with Crippen LogP contribution in [0.3, 0.4) is 0 Å². The number of rotatable bonds is 1. The van der Waals surface area contributed by atoms with Gasteiger partial charge in [0.05, 0.1) is 6.54 Å². The van der Waals surface area contributed by atoms with Crippen molar-refractivity contribution >= 4 is 5.91 Å². The molecular weight excluding hydrogens is 263 g/mol. The molecule has 2 saturated heterocycles. The summed E-state index contributed by atoms with van der Waals surface area (Å²) in [5, 5.41) is 9.68. The van der Waals surface area contributed by atoms with Crippen molar-refractivity contribution in [2.75, 3.05) is 26.3 Å². The van der Waals surface area contributed by atoms with Crippen LogP contribution in [-0.2, 0) is 9.53 Å². The first-order valence-electron chi connectivity index (χ1n) is 6.49. The van der Waals surface area contributed by atoms with Gasteiger partial charge in [0.1, 0.15) is 0 Å². The Balaban J connectivity index is 2.02. The van der Waals surface area contributed by atoms with Crippen LogP contribution >= 0.6 is 0 Å². The molecule has 0 unspecified atom stereocenters. The van der Waals surface area contributed by atoms with Gasteiger partial charge in [-0.05, 0) is 25.7 Å². The predicted octanol–water partition coefficient (Wildman–Crippen LogP) is 1.33. The van der Waals surface area contributed by atoms with Gasteiger partial charge in [-0.25, -0.2) is 0 Å². The van der Waals surface area contributed by atoms with E-state index in [1.54, 1.807) is 0 Å². The van der Waals surface area contributed by atoms with Gasteiger partial charge < -0.3 is 14.7 Å². The van der Waals surface area contributed by atoms with Crippen LogP contribution in [0.15, 0.2) is 0 Å². The van der Waals surface area contributed by atoms with Gasteiger partial charge >= 0.3 is 6.18 Å². The normalized spacial score (nSPS) is 30.4. The summed E-state index contributed by atoms with van der Waals surface area (Å²) in [5.41, 5.74) is -2.76. The molecule has 0 bridgehead atoms. The topological polar surface area (TPSA) is 49.8 Å². The minimum absolute atomic E-state index is 0.172. The third-order valence-corrected chi connectivity index (χ3v) is 3.88. The fraction of sp³-hybridized carbons (Fsp3) is 0.917. The number of carbonyl (C=O) groups is 1. The first-order valence-corrected chi connectivity index (χ1v) is 6.49. The van der Waals surface area contributed by atoms with Gasteiger partial charge in [-0.15, -0.1) is 0 Å². The van der Waals surface area contributed by atoms with E-state index in [0.717, 1.165) is 4.90 Å². The minimum atomic E-state index is -4.69. The molecule has 0 aromatic heterocycles. The van der Waals surface area contributed by atoms with E-state index >= 15 is 0 Å². The number of carbonyl (C=O) groups excluding carboxylic acids is 1. The molecule has 1 N–H and O–H groups in total. The second-order valence-corrected chi connectivity index (χ2v) is 5.28. The van der Waals surface area contributed by atoms with E-state index in [2.05, 4.69) is 0 Å². The second kappa shape index (κ2) is 5.28. The van der Waals surface area contributed by atoms with Crippen molar-refractivity contribution in [1.29, 1.82) is 0 Å². The summed E-state index contributed by atoms with van der Waals surface area (Å²) in [6.45, 7) is 0.572. The van der Waals surface area contributed by atoms with Gasteiger partial charge in [0, 0.05) is 25.7 Å². The molecule has 0 spiro atoms. The van der Waals surface area contributed by atoms with E-state index in [0.29, 0.717) is 26.1 Å². The summed E-state index contributed by atoms with van der Waals surface area (Å²) in [6, 6.07) is 0. The number of ether oxygens (including phenoxy) is 1. The van der Waals surface area contributed by atoms with E-state index in [9.17, 15) is 23.1 Å². The third kappa shape index (κ3) is 3.02. The Kier molecular flexibility index (Phi) is 4.06. The van der Waals surface area contributed by atoms with Gasteiger partial charge in [0.2, 0.25) is 5.91 Å². The molecule has 0 aliphatic carbocycles. The lowest BCUT2D eigenvalue weighted by Crippen LogP contribution is -2.59. The summed E-state index contributed by atoms with van der Waals surface area (Å²) in [4.78, 5) is 13.3. The Morgan fingerprint density at radius 2 is 1.95 bits per heavy atom. The fourth-order valence-corrected chi connectivity index (χ4v) is 2.66. The van der Waals surface area contributed by atoms with Crippen molar-refractivity contribution in [1.82, 2.24) is 4.90 Å². The van der Waals surface area contributed by atoms with Gasteiger partial charge in [-0.1, -0.05) is 0 Å². The first-order chi connectivity index (χ1) is 8.83. The molecule has 7 heteroatoms. The van der Waals surface area contributed by atoms with Crippen LogP contribution in [0.4, 0.5) is 13.2 Å². The SMILES string of the molecule is O=C(C1CCOCC1)N1CCC[C@@](O)(C(F)(F)F)C1. The number of nitrogens with zero attached hydrogens (tertiary/aromatic N) is 1. The number of hydrogen-bond acceptors (Lipinski definition) is 3. The molecule has 2 aliphatic rings. The van der Waals surface area contributed by atoms with Crippen molar-refractivity contribution in [3.8, 4) is 0 Å². The van der Waals surface area contributed by atoms with Gasteiger partial charge in [-0.2, -0.15) is 13.2 Å². The Hall–Kier alpha value is -0.820. The van der Waals surface area contributed by atoms with E-state index in [1.165, 1.54) is 0 Å². The highest BCUT2D eigenvalue weighted by molar-refractivity contribution is 5.79. The van der Waals surface area contributed by atoms with Gasteiger partial charge in [0.15, 0.2) is 5.60 Å². The maximum atomic E-state index is 12.8. The number of β-amino-alcohol motifs (C(OH)–C–C–N with tert-alkyl or cyclic N) is 1. The summed E-state index contributed by atoms with van der Waals surface area (Å²) < 4.78 is 43.5. The molecule has 0 aromatic rings. The highest BCUT2D eigenvalue weighted by atomic mass is 19.4. The van der Waals surface area contributed by atoms with Crippen LogP contribution in [0.1, 0.15) is 25.7 Å². The highest BCUT2D eigenvalue weighted by Crippen LogP contribution is 2.37. The molecule has 2 heterocycles. The molecule has 0 radical (unpaired) electrons. The minimum Gasteiger partial charge on any atom is -0.381 e. The zero-order chi connectivity index (χ0) is 14.1. The summed E-state index contributed by atoms with van der Waals surface area (Å²) in [6.07, 6.45) is -3.78. The monoisotopic (exact) mass is 281 g/mol. The molecule has 2 rings (SSSR count). The van der Waals surface area contributed by atoms with Crippen molar-refractivity contribution in [3.05, 3.63) is 0 Å². The lowest BCUT2D eigenvalue weighted by Gasteiger charge is -2.41. The second-order valence-electron chi connectivity index (χ2n) is 5.28. The van der Waals surface area contributed by atoms with Crippen LogP contribution in [0, 0.1) is 5.92 Å². The first kappa shape index (κ1) is 14.6. The number of alkyl halides is 3. The van der Waals surface area contributed by atoms with Crippen molar-refractivity contribution < 1.29 is 27.8 Å². The summed E-state index contributed by atoms with van der Waals surface area (Å²) in [5.74, 6) is -0.560. The Morgan fingerprint density at radius 1 is 1.32 bits per heavy atom. The molecule has 0 aromatic carbocycles. The van der Waals surface area contributed by atoms with Crippen LogP contribution in [-0.4, -0.2) is 54.0 Å². The highest BCUT2D eigenvalue weighted by Gasteiger charge is 2.56. The largest absolute Gasteiger partial charge is 0.418 e. The molecular formula is C12H18F3NO3. The van der Waals surface area contributed by atoms with Crippen molar-refractivity contribution in [2.45, 2.75) is 37.5 Å². The number of aliphatic hydroxyl groups is 1. The van der Waals surface area contributed by atoms with E-state index in [4.69, 9.17) is 4.74 Å². The van der Waals surface area contributed by atoms with Crippen LogP contribution < -0.4 is 0 Å². The predicted molar refractivity (Wildman–Crippen MR) is 60.4 cm³/mol. The quantitative estimate of drug-likeness (QED) is 0.789. The molecule has 110 valence electrons. The smallest absolute Gasteiger partial charge is 0.381 e. The van der Waals surface area contributed by atoms with Gasteiger partial charge in [0.25, 0.3) is 0 Å². The van der Waals surface area contributed by atoms with E-state index < -0.39 is 18.3 Å². The average molecular weight is 281 g/mol. The van der Waals surface area contributed by atoms with Crippen molar-refractivity contribution in [2.24, 2.45) is 5.92 Å². The molecule has 4 nitrogen and oxygen atoms in total. The Labute approximate surface area is 109 Å².